The van der Waals surface area contributed by atoms with Gasteiger partial charge in [-0.3, -0.25) is 9.69 Å². The predicted molar refractivity (Wildman–Crippen MR) is 127 cm³/mol. The highest BCUT2D eigenvalue weighted by atomic mass is 16.5. The third kappa shape index (κ3) is 6.67. The molecule has 32 heavy (non-hydrogen) atoms. The molecule has 168 valence electrons. The average molecular weight is 433 g/mol. The minimum atomic E-state index is -0.669. The number of rotatable bonds is 11. The quantitative estimate of drug-likeness (QED) is 0.481. The van der Waals surface area contributed by atoms with Crippen LogP contribution in [-0.2, 0) is 11.2 Å². The van der Waals surface area contributed by atoms with Crippen LogP contribution in [0.3, 0.4) is 0 Å². The summed E-state index contributed by atoms with van der Waals surface area (Å²) in [6.45, 7) is 4.93. The number of aliphatic hydroxyl groups excluding tert-OH is 1. The highest BCUT2D eigenvalue weighted by Crippen LogP contribution is 2.30. The molecule has 3 N–H and O–H groups in total. The molecule has 0 fully saturated rings. The minimum absolute atomic E-state index is 0.0279. The van der Waals surface area contributed by atoms with Gasteiger partial charge in [0.1, 0.15) is 18.5 Å². The lowest BCUT2D eigenvalue weighted by atomic mass is 9.95. The third-order valence-electron chi connectivity index (χ3n) is 5.39. The van der Waals surface area contributed by atoms with Gasteiger partial charge in [0.25, 0.3) is 0 Å². The third-order valence-corrected chi connectivity index (χ3v) is 5.39. The summed E-state index contributed by atoms with van der Waals surface area (Å²) in [5.74, 6) is 0.283. The molecule has 0 radical (unpaired) electrons. The van der Waals surface area contributed by atoms with Gasteiger partial charge in [-0.2, -0.15) is 0 Å². The fourth-order valence-corrected chi connectivity index (χ4v) is 3.85. The first-order chi connectivity index (χ1) is 15.4. The Morgan fingerprint density at radius 2 is 1.44 bits per heavy atom. The molecule has 0 saturated heterocycles. The predicted octanol–water partition coefficient (Wildman–Crippen LogP) is 3.95. The van der Waals surface area contributed by atoms with Crippen molar-refractivity contribution in [3.8, 4) is 5.75 Å². The van der Waals surface area contributed by atoms with Crippen LogP contribution in [0.4, 0.5) is 0 Å². The van der Waals surface area contributed by atoms with Crippen LogP contribution < -0.4 is 10.5 Å². The Labute approximate surface area is 190 Å². The Morgan fingerprint density at radius 3 is 1.91 bits per heavy atom. The zero-order chi connectivity index (χ0) is 22.9. The van der Waals surface area contributed by atoms with Crippen molar-refractivity contribution in [1.29, 1.82) is 0 Å². The number of aliphatic hydroxyl groups is 1. The summed E-state index contributed by atoms with van der Waals surface area (Å²) in [4.78, 5) is 13.3. The molecule has 0 aromatic heterocycles. The van der Waals surface area contributed by atoms with E-state index in [9.17, 15) is 9.90 Å². The topological polar surface area (TPSA) is 75.8 Å². The molecule has 3 rings (SSSR count). The zero-order valence-corrected chi connectivity index (χ0v) is 18.7. The Bertz CT molecular complexity index is 920. The summed E-state index contributed by atoms with van der Waals surface area (Å²) in [5.41, 5.74) is 8.44. The highest BCUT2D eigenvalue weighted by Gasteiger charge is 2.26. The summed E-state index contributed by atoms with van der Waals surface area (Å²) in [6.07, 6.45) is -0.468. The Kier molecular flexibility index (Phi) is 8.42. The van der Waals surface area contributed by atoms with Crippen molar-refractivity contribution < 1.29 is 14.6 Å². The van der Waals surface area contributed by atoms with Crippen molar-refractivity contribution in [3.63, 3.8) is 0 Å². The minimum Gasteiger partial charge on any atom is -0.491 e. The smallest absolute Gasteiger partial charge is 0.221 e. The first kappa shape index (κ1) is 23.5. The van der Waals surface area contributed by atoms with Gasteiger partial charge in [-0.1, -0.05) is 72.8 Å². The number of nitrogens with zero attached hydrogens (tertiary/aromatic N) is 1. The maximum absolute atomic E-state index is 11.0. The zero-order valence-electron chi connectivity index (χ0n) is 18.7. The van der Waals surface area contributed by atoms with Crippen molar-refractivity contribution in [3.05, 3.63) is 102 Å². The van der Waals surface area contributed by atoms with E-state index in [4.69, 9.17) is 10.5 Å². The molecule has 0 bridgehead atoms. The van der Waals surface area contributed by atoms with E-state index in [1.165, 1.54) is 11.1 Å². The lowest BCUT2D eigenvalue weighted by Gasteiger charge is -2.37. The molecule has 0 aliphatic carbocycles. The molecule has 0 aliphatic heterocycles. The van der Waals surface area contributed by atoms with Crippen molar-refractivity contribution in [2.75, 3.05) is 13.2 Å². The van der Waals surface area contributed by atoms with Gasteiger partial charge < -0.3 is 15.6 Å². The Hall–Kier alpha value is -3.15. The fraction of sp³-hybridized carbons (Fsp3) is 0.296. The van der Waals surface area contributed by atoms with E-state index in [1.807, 2.05) is 48.5 Å². The summed E-state index contributed by atoms with van der Waals surface area (Å²) >= 11 is 0. The van der Waals surface area contributed by atoms with Crippen LogP contribution in [0.15, 0.2) is 84.9 Å². The van der Waals surface area contributed by atoms with Crippen molar-refractivity contribution in [2.24, 2.45) is 5.73 Å². The second-order valence-electron chi connectivity index (χ2n) is 8.27. The summed E-state index contributed by atoms with van der Waals surface area (Å²) in [5, 5.41) is 10.8. The number of hydrogen-bond acceptors (Lipinski definition) is 4. The van der Waals surface area contributed by atoms with Crippen LogP contribution in [-0.4, -0.2) is 41.2 Å². The van der Waals surface area contributed by atoms with Crippen molar-refractivity contribution in [2.45, 2.75) is 38.5 Å². The van der Waals surface area contributed by atoms with E-state index in [2.05, 4.69) is 43.0 Å². The Morgan fingerprint density at radius 1 is 0.906 bits per heavy atom. The molecule has 5 nitrogen and oxygen atoms in total. The number of ether oxygens (including phenoxy) is 1. The van der Waals surface area contributed by atoms with Crippen LogP contribution in [0.25, 0.3) is 0 Å². The molecule has 3 aromatic rings. The second kappa shape index (κ2) is 11.5. The molecule has 1 amide bonds. The number of amides is 1. The van der Waals surface area contributed by atoms with Gasteiger partial charge in [0.2, 0.25) is 5.91 Å². The number of benzene rings is 3. The molecule has 0 spiro atoms. The van der Waals surface area contributed by atoms with Gasteiger partial charge in [-0.05, 0) is 42.7 Å². The lowest BCUT2D eigenvalue weighted by Crippen LogP contribution is -2.42. The molecule has 0 aliphatic rings. The molecule has 5 heteroatoms. The fourth-order valence-electron chi connectivity index (χ4n) is 3.85. The number of hydrogen-bond donors (Lipinski definition) is 2. The summed E-state index contributed by atoms with van der Waals surface area (Å²) in [7, 11) is 0. The van der Waals surface area contributed by atoms with Crippen LogP contribution in [0.5, 0.6) is 5.75 Å². The number of carbonyl (C=O) groups excluding carboxylic acids is 1. The maximum atomic E-state index is 11.0. The van der Waals surface area contributed by atoms with Gasteiger partial charge in [0, 0.05) is 12.6 Å². The van der Waals surface area contributed by atoms with Crippen LogP contribution in [0, 0.1) is 0 Å². The van der Waals surface area contributed by atoms with Gasteiger partial charge >= 0.3 is 0 Å². The SMILES string of the molecule is CC(C)N(CC(O)COc1ccc(CC(N)=O)cc1)C(c1ccccc1)c1ccccc1. The Balaban J connectivity index is 1.70. The van der Waals surface area contributed by atoms with E-state index < -0.39 is 6.10 Å². The highest BCUT2D eigenvalue weighted by molar-refractivity contribution is 5.76. The molecular formula is C27H32N2O3. The first-order valence-corrected chi connectivity index (χ1v) is 11.0. The van der Waals surface area contributed by atoms with E-state index in [0.29, 0.717) is 12.3 Å². The van der Waals surface area contributed by atoms with Gasteiger partial charge in [-0.25, -0.2) is 0 Å². The lowest BCUT2D eigenvalue weighted by molar-refractivity contribution is -0.117. The van der Waals surface area contributed by atoms with Crippen LogP contribution in [0.2, 0.25) is 0 Å². The van der Waals surface area contributed by atoms with Crippen molar-refractivity contribution >= 4 is 5.91 Å². The average Bonchev–Trinajstić information content (AvgIpc) is 2.79. The maximum Gasteiger partial charge on any atom is 0.221 e. The molecule has 0 saturated carbocycles. The van der Waals surface area contributed by atoms with E-state index in [0.717, 1.165) is 5.56 Å². The summed E-state index contributed by atoms with van der Waals surface area (Å²) in [6, 6.07) is 28.2. The van der Waals surface area contributed by atoms with E-state index >= 15 is 0 Å². The first-order valence-electron chi connectivity index (χ1n) is 11.0. The molecular weight excluding hydrogens is 400 g/mol. The summed E-state index contributed by atoms with van der Waals surface area (Å²) < 4.78 is 5.81. The number of carbonyl (C=O) groups is 1. The molecule has 0 heterocycles. The molecule has 1 atom stereocenters. The number of nitrogens with two attached hydrogens (primary N) is 1. The van der Waals surface area contributed by atoms with E-state index in [-0.39, 0.29) is 31.0 Å². The normalized spacial score (nSPS) is 12.3. The molecule has 3 aromatic carbocycles. The number of primary amides is 1. The van der Waals surface area contributed by atoms with E-state index in [1.54, 1.807) is 12.1 Å². The van der Waals surface area contributed by atoms with Crippen LogP contribution in [0.1, 0.15) is 36.6 Å². The van der Waals surface area contributed by atoms with Gasteiger partial charge in [0.15, 0.2) is 0 Å². The van der Waals surface area contributed by atoms with Gasteiger partial charge in [-0.15, -0.1) is 0 Å². The second-order valence-corrected chi connectivity index (χ2v) is 8.27. The largest absolute Gasteiger partial charge is 0.491 e. The van der Waals surface area contributed by atoms with Crippen molar-refractivity contribution in [1.82, 2.24) is 4.90 Å². The standard InChI is InChI=1S/C27H32N2O3/c1-20(2)29(27(22-9-5-3-6-10-22)23-11-7-4-8-12-23)18-24(30)19-32-25-15-13-21(14-16-25)17-26(28)31/h3-16,20,24,27,30H,17-19H2,1-2H3,(H2,28,31). The molecule has 1 unspecified atom stereocenters. The monoisotopic (exact) mass is 432 g/mol. The van der Waals surface area contributed by atoms with Gasteiger partial charge in [0.05, 0.1) is 12.5 Å². The van der Waals surface area contributed by atoms with Crippen LogP contribution >= 0.6 is 0 Å².